The van der Waals surface area contributed by atoms with Crippen LogP contribution in [-0.4, -0.2) is 47.6 Å². The molecule has 2 aromatic rings. The highest BCUT2D eigenvalue weighted by molar-refractivity contribution is 7.80. The minimum Gasteiger partial charge on any atom is -0.362 e. The minimum atomic E-state index is 0.779. The number of hydrogen-bond acceptors (Lipinski definition) is 2. The summed E-state index contributed by atoms with van der Waals surface area (Å²) in [6.45, 7) is 6.06. The van der Waals surface area contributed by atoms with Gasteiger partial charge in [0.2, 0.25) is 0 Å². The smallest absolute Gasteiger partial charge is 0.168 e. The molecule has 138 valence electrons. The fourth-order valence-corrected chi connectivity index (χ4v) is 3.66. The molecule has 0 spiro atoms. The molecule has 5 heteroatoms. The van der Waals surface area contributed by atoms with Crippen LogP contribution in [0.15, 0.2) is 54.6 Å². The average molecular weight is 388 g/mol. The molecule has 0 aromatic heterocycles. The molecular weight excluding hydrogens is 362 g/mol. The topological polar surface area (TPSA) is 18.5 Å². The molecule has 0 amide bonds. The van der Waals surface area contributed by atoms with Gasteiger partial charge in [-0.3, -0.25) is 4.90 Å². The fraction of sp³-hybridized carbons (Fsp3) is 0.381. The molecule has 1 N–H and O–H groups in total. The highest BCUT2D eigenvalue weighted by atomic mass is 35.5. The van der Waals surface area contributed by atoms with Crippen LogP contribution in [0.3, 0.4) is 0 Å². The zero-order chi connectivity index (χ0) is 18.2. The van der Waals surface area contributed by atoms with Crippen molar-refractivity contribution in [2.75, 3.05) is 32.7 Å². The van der Waals surface area contributed by atoms with E-state index in [1.165, 1.54) is 11.1 Å². The van der Waals surface area contributed by atoms with E-state index in [1.54, 1.807) is 0 Å². The molecule has 0 atom stereocenters. The van der Waals surface area contributed by atoms with Crippen molar-refractivity contribution < 1.29 is 0 Å². The van der Waals surface area contributed by atoms with E-state index in [0.29, 0.717) is 0 Å². The van der Waals surface area contributed by atoms with Gasteiger partial charge in [-0.05, 0) is 48.3 Å². The second-order valence-corrected chi connectivity index (χ2v) is 7.53. The number of benzene rings is 2. The van der Waals surface area contributed by atoms with Crippen molar-refractivity contribution in [3.05, 3.63) is 70.7 Å². The molecule has 1 aliphatic rings. The maximum absolute atomic E-state index is 5.93. The number of rotatable bonds is 5. The molecule has 0 radical (unpaired) electrons. The first kappa shape index (κ1) is 19.2. The van der Waals surface area contributed by atoms with Gasteiger partial charge >= 0.3 is 0 Å². The molecule has 26 heavy (non-hydrogen) atoms. The van der Waals surface area contributed by atoms with E-state index in [1.807, 2.05) is 12.1 Å². The van der Waals surface area contributed by atoms with Gasteiger partial charge in [-0.1, -0.05) is 54.1 Å². The number of nitrogens with one attached hydrogen (secondary N) is 1. The Kier molecular flexibility index (Phi) is 7.30. The summed E-state index contributed by atoms with van der Waals surface area (Å²) in [6.07, 6.45) is 2.09. The van der Waals surface area contributed by atoms with Crippen molar-refractivity contribution >= 4 is 28.9 Å². The molecule has 1 heterocycles. The molecule has 0 unspecified atom stereocenters. The van der Waals surface area contributed by atoms with Crippen LogP contribution < -0.4 is 5.32 Å². The van der Waals surface area contributed by atoms with Gasteiger partial charge in [0.1, 0.15) is 0 Å². The summed E-state index contributed by atoms with van der Waals surface area (Å²) in [7, 11) is 0. The van der Waals surface area contributed by atoms with Gasteiger partial charge in [-0.15, -0.1) is 0 Å². The van der Waals surface area contributed by atoms with Gasteiger partial charge in [0.25, 0.3) is 0 Å². The zero-order valence-electron chi connectivity index (χ0n) is 15.0. The van der Waals surface area contributed by atoms with Gasteiger partial charge in [0, 0.05) is 44.3 Å². The molecule has 0 aliphatic carbocycles. The standard InChI is InChI=1S/C21H26ClN3S/c22-20-9-7-18(8-10-20)11-12-23-21(26)25-14-4-13-24(15-16-25)17-19-5-2-1-3-6-19/h1-3,5-10H,4,11-17H2,(H,23,26). The van der Waals surface area contributed by atoms with Crippen LogP contribution in [0.4, 0.5) is 0 Å². The van der Waals surface area contributed by atoms with Crippen LogP contribution in [-0.2, 0) is 13.0 Å². The van der Waals surface area contributed by atoms with Crippen LogP contribution in [0, 0.1) is 0 Å². The third kappa shape index (κ3) is 5.97. The van der Waals surface area contributed by atoms with E-state index >= 15 is 0 Å². The lowest BCUT2D eigenvalue weighted by atomic mass is 10.1. The summed E-state index contributed by atoms with van der Waals surface area (Å²) < 4.78 is 0. The van der Waals surface area contributed by atoms with E-state index in [0.717, 1.165) is 62.2 Å². The first-order chi connectivity index (χ1) is 12.7. The van der Waals surface area contributed by atoms with Crippen molar-refractivity contribution in [3.63, 3.8) is 0 Å². The highest BCUT2D eigenvalue weighted by Gasteiger charge is 2.16. The summed E-state index contributed by atoms with van der Waals surface area (Å²) >= 11 is 11.5. The van der Waals surface area contributed by atoms with Gasteiger partial charge in [0.05, 0.1) is 0 Å². The van der Waals surface area contributed by atoms with Crippen LogP contribution in [0.1, 0.15) is 17.5 Å². The van der Waals surface area contributed by atoms with Gasteiger partial charge < -0.3 is 10.2 Å². The van der Waals surface area contributed by atoms with E-state index in [2.05, 4.69) is 57.6 Å². The quantitative estimate of drug-likeness (QED) is 0.782. The first-order valence-corrected chi connectivity index (χ1v) is 10.0. The molecule has 3 rings (SSSR count). The Labute approximate surface area is 166 Å². The molecular formula is C21H26ClN3S. The summed E-state index contributed by atoms with van der Waals surface area (Å²) in [4.78, 5) is 4.83. The van der Waals surface area contributed by atoms with Crippen LogP contribution in [0.25, 0.3) is 0 Å². The van der Waals surface area contributed by atoms with Gasteiger partial charge in [-0.25, -0.2) is 0 Å². The Morgan fingerprint density at radius 2 is 1.69 bits per heavy atom. The molecule has 1 aliphatic heterocycles. The van der Waals surface area contributed by atoms with Crippen molar-refractivity contribution in [1.29, 1.82) is 0 Å². The van der Waals surface area contributed by atoms with E-state index in [4.69, 9.17) is 23.8 Å². The number of hydrogen-bond donors (Lipinski definition) is 1. The third-order valence-corrected chi connectivity index (χ3v) is 5.38. The molecule has 3 nitrogen and oxygen atoms in total. The third-order valence-electron chi connectivity index (χ3n) is 4.73. The van der Waals surface area contributed by atoms with E-state index in [-0.39, 0.29) is 0 Å². The van der Waals surface area contributed by atoms with Gasteiger partial charge in [-0.2, -0.15) is 0 Å². The molecule has 0 bridgehead atoms. The zero-order valence-corrected chi connectivity index (χ0v) is 16.6. The summed E-state index contributed by atoms with van der Waals surface area (Å²) in [5.74, 6) is 0. The normalized spacial score (nSPS) is 15.5. The second kappa shape index (κ2) is 9.91. The van der Waals surface area contributed by atoms with E-state index in [9.17, 15) is 0 Å². The predicted octanol–water partition coefficient (Wildman–Crippen LogP) is 3.96. The lowest BCUT2D eigenvalue weighted by Gasteiger charge is -2.24. The number of halogens is 1. The fourth-order valence-electron chi connectivity index (χ4n) is 3.25. The lowest BCUT2D eigenvalue weighted by Crippen LogP contribution is -2.42. The summed E-state index contributed by atoms with van der Waals surface area (Å²) in [6, 6.07) is 18.7. The van der Waals surface area contributed by atoms with Crippen molar-refractivity contribution in [2.24, 2.45) is 0 Å². The van der Waals surface area contributed by atoms with Crippen molar-refractivity contribution in [3.8, 4) is 0 Å². The SMILES string of the molecule is S=C(NCCc1ccc(Cl)cc1)N1CCCN(Cc2ccccc2)CC1. The first-order valence-electron chi connectivity index (χ1n) is 9.24. The number of thiocarbonyl (C=S) groups is 1. The maximum Gasteiger partial charge on any atom is 0.168 e. The van der Waals surface area contributed by atoms with Crippen LogP contribution >= 0.6 is 23.8 Å². The Morgan fingerprint density at radius 1 is 0.923 bits per heavy atom. The largest absolute Gasteiger partial charge is 0.362 e. The summed E-state index contributed by atoms with van der Waals surface area (Å²) in [5.41, 5.74) is 2.65. The van der Waals surface area contributed by atoms with Gasteiger partial charge in [0.15, 0.2) is 5.11 Å². The molecule has 0 saturated carbocycles. The predicted molar refractivity (Wildman–Crippen MR) is 114 cm³/mol. The van der Waals surface area contributed by atoms with Crippen LogP contribution in [0.5, 0.6) is 0 Å². The van der Waals surface area contributed by atoms with E-state index < -0.39 is 0 Å². The lowest BCUT2D eigenvalue weighted by molar-refractivity contribution is 0.277. The molecule has 1 fully saturated rings. The number of nitrogens with zero attached hydrogens (tertiary/aromatic N) is 2. The average Bonchev–Trinajstić information content (AvgIpc) is 2.90. The monoisotopic (exact) mass is 387 g/mol. The Balaban J connectivity index is 1.41. The minimum absolute atomic E-state index is 0.779. The van der Waals surface area contributed by atoms with Crippen molar-refractivity contribution in [2.45, 2.75) is 19.4 Å². The Morgan fingerprint density at radius 3 is 2.46 bits per heavy atom. The van der Waals surface area contributed by atoms with Crippen molar-refractivity contribution in [1.82, 2.24) is 15.1 Å². The molecule has 2 aromatic carbocycles. The summed E-state index contributed by atoms with van der Waals surface area (Å²) in [5, 5.41) is 5.07. The Bertz CT molecular complexity index is 690. The maximum atomic E-state index is 5.93. The second-order valence-electron chi connectivity index (χ2n) is 6.71. The highest BCUT2D eigenvalue weighted by Crippen LogP contribution is 2.11. The Hall–Kier alpha value is -1.62. The molecule has 1 saturated heterocycles. The van der Waals surface area contributed by atoms with Crippen LogP contribution in [0.2, 0.25) is 5.02 Å².